The summed E-state index contributed by atoms with van der Waals surface area (Å²) in [4.78, 5) is 0. The summed E-state index contributed by atoms with van der Waals surface area (Å²) in [5, 5.41) is 8.74. The molecule has 0 saturated carbocycles. The van der Waals surface area contributed by atoms with Gasteiger partial charge < -0.3 is 5.32 Å². The number of hydrazone groups is 1. The summed E-state index contributed by atoms with van der Waals surface area (Å²) in [6.07, 6.45) is 1.97. The summed E-state index contributed by atoms with van der Waals surface area (Å²) in [5.74, 6) is 0. The zero-order valence-corrected chi connectivity index (χ0v) is 13.8. The lowest BCUT2D eigenvalue weighted by molar-refractivity contribution is 1.01. The van der Waals surface area contributed by atoms with E-state index < -0.39 is 0 Å². The minimum Gasteiger partial charge on any atom is -0.331 e. The van der Waals surface area contributed by atoms with E-state index in [0.717, 1.165) is 29.8 Å². The molecule has 0 amide bonds. The average molecular weight is 330 g/mol. The van der Waals surface area contributed by atoms with Gasteiger partial charge in [0.1, 0.15) is 0 Å². The molecule has 1 aliphatic rings. The maximum absolute atomic E-state index is 6.10. The van der Waals surface area contributed by atoms with Gasteiger partial charge in [0, 0.05) is 16.3 Å². The SMILES string of the molecule is Cc1c(Cl)cccc1NC(=S)N/N=C1\CCc2ccccc21. The van der Waals surface area contributed by atoms with Crippen molar-refractivity contribution in [3.05, 3.63) is 64.2 Å². The maximum Gasteiger partial charge on any atom is 0.191 e. The van der Waals surface area contributed by atoms with Gasteiger partial charge in [0.15, 0.2) is 5.11 Å². The molecule has 2 N–H and O–H groups in total. The number of anilines is 1. The lowest BCUT2D eigenvalue weighted by Crippen LogP contribution is -2.25. The lowest BCUT2D eigenvalue weighted by atomic mass is 10.1. The molecule has 112 valence electrons. The predicted molar refractivity (Wildman–Crippen MR) is 96.8 cm³/mol. The number of nitrogens with one attached hydrogen (secondary N) is 2. The molecule has 0 atom stereocenters. The summed E-state index contributed by atoms with van der Waals surface area (Å²) >= 11 is 11.4. The Labute approximate surface area is 140 Å². The van der Waals surface area contributed by atoms with E-state index in [9.17, 15) is 0 Å². The van der Waals surface area contributed by atoms with Gasteiger partial charge in [-0.05, 0) is 55.2 Å². The van der Waals surface area contributed by atoms with E-state index in [1.165, 1.54) is 11.1 Å². The Morgan fingerprint density at radius 2 is 1.95 bits per heavy atom. The zero-order valence-electron chi connectivity index (χ0n) is 12.2. The number of nitrogens with zero attached hydrogens (tertiary/aromatic N) is 1. The molecule has 3 nitrogen and oxygen atoms in total. The van der Waals surface area contributed by atoms with Crippen LogP contribution in [0.2, 0.25) is 5.02 Å². The number of hydrogen-bond donors (Lipinski definition) is 2. The van der Waals surface area contributed by atoms with E-state index in [4.69, 9.17) is 23.8 Å². The number of benzene rings is 2. The first-order chi connectivity index (χ1) is 10.6. The number of hydrogen-bond acceptors (Lipinski definition) is 2. The van der Waals surface area contributed by atoms with Gasteiger partial charge in [-0.1, -0.05) is 41.9 Å². The van der Waals surface area contributed by atoms with Crippen molar-refractivity contribution in [2.45, 2.75) is 19.8 Å². The molecule has 0 aromatic heterocycles. The topological polar surface area (TPSA) is 36.4 Å². The van der Waals surface area contributed by atoms with Crippen molar-refractivity contribution in [2.75, 3.05) is 5.32 Å². The number of thiocarbonyl (C=S) groups is 1. The Morgan fingerprint density at radius 1 is 1.14 bits per heavy atom. The van der Waals surface area contributed by atoms with Gasteiger partial charge in [-0.2, -0.15) is 5.10 Å². The van der Waals surface area contributed by atoms with Crippen molar-refractivity contribution >= 4 is 40.3 Å². The Hall–Kier alpha value is -1.91. The van der Waals surface area contributed by atoms with Crippen LogP contribution in [-0.2, 0) is 6.42 Å². The summed E-state index contributed by atoms with van der Waals surface area (Å²) < 4.78 is 0. The third-order valence-corrected chi connectivity index (χ3v) is 4.37. The molecule has 0 bridgehead atoms. The van der Waals surface area contributed by atoms with Crippen molar-refractivity contribution in [3.8, 4) is 0 Å². The summed E-state index contributed by atoms with van der Waals surface area (Å²) in [6.45, 7) is 1.95. The smallest absolute Gasteiger partial charge is 0.191 e. The normalized spacial score (nSPS) is 14.7. The standard InChI is InChI=1S/C17H16ClN3S/c1-11-14(18)7-4-8-15(11)19-17(22)21-20-16-10-9-12-5-2-3-6-13(12)16/h2-8H,9-10H2,1H3,(H2,19,21,22)/b20-16+. The molecule has 0 radical (unpaired) electrons. The van der Waals surface area contributed by atoms with E-state index in [1.54, 1.807) is 0 Å². The van der Waals surface area contributed by atoms with Gasteiger partial charge >= 0.3 is 0 Å². The van der Waals surface area contributed by atoms with Crippen LogP contribution in [0.15, 0.2) is 47.6 Å². The molecule has 0 aliphatic heterocycles. The lowest BCUT2D eigenvalue weighted by Gasteiger charge is -2.11. The zero-order chi connectivity index (χ0) is 15.5. The number of aryl methyl sites for hydroxylation is 1. The van der Waals surface area contributed by atoms with E-state index >= 15 is 0 Å². The molecule has 1 aliphatic carbocycles. The van der Waals surface area contributed by atoms with Crippen molar-refractivity contribution in [1.82, 2.24) is 5.43 Å². The second-order valence-corrected chi connectivity index (χ2v) is 6.01. The Balaban J connectivity index is 1.69. The van der Waals surface area contributed by atoms with Crippen LogP contribution in [0.5, 0.6) is 0 Å². The molecule has 0 spiro atoms. The van der Waals surface area contributed by atoms with Crippen molar-refractivity contribution in [2.24, 2.45) is 5.10 Å². The first-order valence-corrected chi connectivity index (χ1v) is 7.91. The average Bonchev–Trinajstić information content (AvgIpc) is 2.93. The maximum atomic E-state index is 6.10. The van der Waals surface area contributed by atoms with Crippen molar-refractivity contribution in [3.63, 3.8) is 0 Å². The van der Waals surface area contributed by atoms with Crippen LogP contribution in [0, 0.1) is 6.92 Å². The van der Waals surface area contributed by atoms with E-state index in [2.05, 4.69) is 34.0 Å². The highest BCUT2D eigenvalue weighted by atomic mass is 35.5. The largest absolute Gasteiger partial charge is 0.331 e. The Bertz CT molecular complexity index is 755. The van der Waals surface area contributed by atoms with Gasteiger partial charge in [-0.3, -0.25) is 5.43 Å². The molecular weight excluding hydrogens is 314 g/mol. The summed E-state index contributed by atoms with van der Waals surface area (Å²) in [6, 6.07) is 14.0. The highest BCUT2D eigenvalue weighted by Crippen LogP contribution is 2.23. The highest BCUT2D eigenvalue weighted by Gasteiger charge is 2.16. The highest BCUT2D eigenvalue weighted by molar-refractivity contribution is 7.80. The van der Waals surface area contributed by atoms with Gasteiger partial charge in [0.05, 0.1) is 5.71 Å². The fraction of sp³-hybridized carbons (Fsp3) is 0.176. The molecule has 0 fully saturated rings. The predicted octanol–water partition coefficient (Wildman–Crippen LogP) is 4.29. The van der Waals surface area contributed by atoms with Crippen molar-refractivity contribution < 1.29 is 0 Å². The molecule has 22 heavy (non-hydrogen) atoms. The van der Waals surface area contributed by atoms with Crippen LogP contribution in [0.25, 0.3) is 0 Å². The molecule has 5 heteroatoms. The first kappa shape index (κ1) is 15.0. The second-order valence-electron chi connectivity index (χ2n) is 5.19. The molecule has 2 aromatic carbocycles. The summed E-state index contributed by atoms with van der Waals surface area (Å²) in [7, 11) is 0. The van der Waals surface area contributed by atoms with Crippen LogP contribution in [-0.4, -0.2) is 10.8 Å². The summed E-state index contributed by atoms with van der Waals surface area (Å²) in [5.41, 5.74) is 8.37. The van der Waals surface area contributed by atoms with E-state index in [0.29, 0.717) is 10.1 Å². The minimum atomic E-state index is 0.460. The Morgan fingerprint density at radius 3 is 2.82 bits per heavy atom. The monoisotopic (exact) mass is 329 g/mol. The number of rotatable bonds is 2. The number of halogens is 1. The third-order valence-electron chi connectivity index (χ3n) is 3.77. The molecular formula is C17H16ClN3S. The number of fused-ring (bicyclic) bond motifs is 1. The molecule has 3 rings (SSSR count). The van der Waals surface area contributed by atoms with Crippen LogP contribution < -0.4 is 10.7 Å². The Kier molecular flexibility index (Phi) is 4.41. The fourth-order valence-electron chi connectivity index (χ4n) is 2.54. The van der Waals surface area contributed by atoms with E-state index in [1.807, 2.05) is 31.2 Å². The van der Waals surface area contributed by atoms with Crippen LogP contribution in [0.1, 0.15) is 23.1 Å². The first-order valence-electron chi connectivity index (χ1n) is 7.12. The van der Waals surface area contributed by atoms with Gasteiger partial charge in [0.25, 0.3) is 0 Å². The molecule has 0 unspecified atom stereocenters. The van der Waals surface area contributed by atoms with E-state index in [-0.39, 0.29) is 0 Å². The van der Waals surface area contributed by atoms with Gasteiger partial charge in [-0.15, -0.1) is 0 Å². The van der Waals surface area contributed by atoms with Crippen LogP contribution in [0.4, 0.5) is 5.69 Å². The molecule has 0 heterocycles. The quantitative estimate of drug-likeness (QED) is 0.637. The molecule has 0 saturated heterocycles. The third kappa shape index (κ3) is 3.13. The fourth-order valence-corrected chi connectivity index (χ4v) is 2.87. The van der Waals surface area contributed by atoms with Crippen molar-refractivity contribution in [1.29, 1.82) is 0 Å². The second kappa shape index (κ2) is 6.46. The van der Waals surface area contributed by atoms with Gasteiger partial charge in [-0.25, -0.2) is 0 Å². The minimum absolute atomic E-state index is 0.460. The molecule has 2 aromatic rings. The van der Waals surface area contributed by atoms with Crippen LogP contribution >= 0.6 is 23.8 Å². The van der Waals surface area contributed by atoms with Crippen LogP contribution in [0.3, 0.4) is 0 Å². The van der Waals surface area contributed by atoms with Gasteiger partial charge in [0.2, 0.25) is 0 Å².